The summed E-state index contributed by atoms with van der Waals surface area (Å²) >= 11 is 0. The summed E-state index contributed by atoms with van der Waals surface area (Å²) in [7, 11) is 6.04. The Labute approximate surface area is 265 Å². The number of nitrogens with one attached hydrogen (secondary N) is 1. The summed E-state index contributed by atoms with van der Waals surface area (Å²) in [5.74, 6) is -0.139. The minimum absolute atomic E-state index is 0.0352. The molecule has 1 N–H and O–H groups in total. The minimum atomic E-state index is -0.922. The molecule has 0 unspecified atom stereocenters. The topological polar surface area (TPSA) is 103 Å². The lowest BCUT2D eigenvalue weighted by Crippen LogP contribution is -2.52. The number of amides is 4. The number of piperidine rings is 2. The lowest BCUT2D eigenvalue weighted by atomic mass is 10.00. The largest absolute Gasteiger partial charge is 0.436 e. The van der Waals surface area contributed by atoms with Crippen LogP contribution in [-0.4, -0.2) is 112 Å². The summed E-state index contributed by atoms with van der Waals surface area (Å²) in [6.45, 7) is 4.88. The Morgan fingerprint density at radius 3 is 2.47 bits per heavy atom. The van der Waals surface area contributed by atoms with E-state index in [1.165, 1.54) is 0 Å². The van der Waals surface area contributed by atoms with Gasteiger partial charge < -0.3 is 29.7 Å². The van der Waals surface area contributed by atoms with Crippen molar-refractivity contribution in [3.8, 4) is 0 Å². The number of anilines is 1. The van der Waals surface area contributed by atoms with Crippen molar-refractivity contribution in [3.63, 3.8) is 0 Å². The van der Waals surface area contributed by atoms with E-state index in [1.807, 2.05) is 60.3 Å². The van der Waals surface area contributed by atoms with Crippen LogP contribution in [0.3, 0.4) is 0 Å². The number of carbonyl (C=O) groups is 3. The average molecular weight is 616 g/mol. The van der Waals surface area contributed by atoms with E-state index in [9.17, 15) is 14.4 Å². The van der Waals surface area contributed by atoms with Gasteiger partial charge in [0.05, 0.1) is 5.52 Å². The molecule has 0 aliphatic carbocycles. The van der Waals surface area contributed by atoms with Gasteiger partial charge in [-0.3, -0.25) is 9.48 Å². The first kappa shape index (κ1) is 30.9. The molecule has 2 aromatic carbocycles. The highest BCUT2D eigenvalue weighted by Gasteiger charge is 2.35. The van der Waals surface area contributed by atoms with Crippen molar-refractivity contribution >= 4 is 34.6 Å². The second kappa shape index (κ2) is 13.1. The molecule has 2 fully saturated rings. The first-order valence-electron chi connectivity index (χ1n) is 16.2. The third-order valence-electron chi connectivity index (χ3n) is 9.72. The number of para-hydroxylation sites is 1. The van der Waals surface area contributed by atoms with Gasteiger partial charge in [-0.2, -0.15) is 5.10 Å². The molecular weight excluding hydrogens is 570 g/mol. The molecule has 0 radical (unpaired) electrons. The molecule has 4 amide bonds. The summed E-state index contributed by atoms with van der Waals surface area (Å²) in [5.41, 5.74) is 4.89. The fraction of sp³-hybridized carbons (Fsp3) is 0.529. The van der Waals surface area contributed by atoms with Crippen LogP contribution in [0.4, 0.5) is 15.3 Å². The molecule has 0 bridgehead atoms. The van der Waals surface area contributed by atoms with Gasteiger partial charge in [-0.25, -0.2) is 9.59 Å². The Balaban J connectivity index is 1.12. The summed E-state index contributed by atoms with van der Waals surface area (Å²) in [5, 5.41) is 8.60. The molecule has 1 aromatic heterocycles. The number of carbonyl (C=O) groups excluding carboxylic acids is 3. The second-order valence-corrected chi connectivity index (χ2v) is 13.0. The predicted octanol–water partition coefficient (Wildman–Crippen LogP) is 4.04. The normalized spacial score (nSPS) is 19.0. The Bertz CT molecular complexity index is 1550. The Morgan fingerprint density at radius 1 is 1.02 bits per heavy atom. The fourth-order valence-corrected chi connectivity index (χ4v) is 7.12. The smallest absolute Gasteiger partial charge is 0.410 e. The molecule has 0 saturated carbocycles. The first-order valence-corrected chi connectivity index (χ1v) is 16.2. The van der Waals surface area contributed by atoms with Crippen molar-refractivity contribution in [1.29, 1.82) is 0 Å². The summed E-state index contributed by atoms with van der Waals surface area (Å²) < 4.78 is 7.86. The van der Waals surface area contributed by atoms with Crippen LogP contribution in [0.5, 0.6) is 0 Å². The standard InChI is InChI=1S/C34H45N7O4/c1-23-19-24(20-26-22-38(4)36-31(23)26)21-30(32(42)39-14-10-27(11-15-39)37(2)3)45-34(44)40-16-12-28(13-17-40)41-18-9-25-7-5-6-8-29(25)35-33(41)43/h5-8,19-20,22,27-28,30H,9-18,21H2,1-4H3,(H,35,43)/t30-/m1/s1. The second-order valence-electron chi connectivity index (χ2n) is 13.0. The van der Waals surface area contributed by atoms with E-state index in [2.05, 4.69) is 35.5 Å². The van der Waals surface area contributed by atoms with E-state index in [-0.39, 0.29) is 18.0 Å². The summed E-state index contributed by atoms with van der Waals surface area (Å²) in [6, 6.07) is 12.4. The quantitative estimate of drug-likeness (QED) is 0.449. The van der Waals surface area contributed by atoms with E-state index < -0.39 is 12.2 Å². The molecule has 45 heavy (non-hydrogen) atoms. The summed E-state index contributed by atoms with van der Waals surface area (Å²) in [4.78, 5) is 48.2. The predicted molar refractivity (Wildman–Crippen MR) is 173 cm³/mol. The lowest BCUT2D eigenvalue weighted by molar-refractivity contribution is -0.142. The monoisotopic (exact) mass is 615 g/mol. The molecule has 11 heteroatoms. The number of nitrogens with zero attached hydrogens (tertiary/aromatic N) is 6. The molecule has 240 valence electrons. The number of benzene rings is 2. The van der Waals surface area contributed by atoms with Crippen LogP contribution < -0.4 is 5.32 Å². The zero-order valence-corrected chi connectivity index (χ0v) is 26.9. The van der Waals surface area contributed by atoms with Crippen molar-refractivity contribution in [2.75, 3.05) is 52.1 Å². The van der Waals surface area contributed by atoms with Gasteiger partial charge in [-0.05, 0) is 81.9 Å². The first-order chi connectivity index (χ1) is 21.7. The molecule has 1 atom stereocenters. The summed E-state index contributed by atoms with van der Waals surface area (Å²) in [6.07, 6.45) is 4.76. The van der Waals surface area contributed by atoms with Crippen LogP contribution in [0.1, 0.15) is 42.4 Å². The zero-order chi connectivity index (χ0) is 31.7. The molecule has 0 spiro atoms. The Hall–Kier alpha value is -4.12. The van der Waals surface area contributed by atoms with E-state index in [1.54, 1.807) is 9.58 Å². The van der Waals surface area contributed by atoms with Gasteiger partial charge in [-0.15, -0.1) is 0 Å². The van der Waals surface area contributed by atoms with Gasteiger partial charge in [0.2, 0.25) is 0 Å². The maximum Gasteiger partial charge on any atom is 0.410 e. The van der Waals surface area contributed by atoms with Crippen molar-refractivity contribution < 1.29 is 19.1 Å². The molecular formula is C34H45N7O4. The van der Waals surface area contributed by atoms with Gasteiger partial charge in [0.15, 0.2) is 6.10 Å². The van der Waals surface area contributed by atoms with Crippen molar-refractivity contribution in [1.82, 2.24) is 29.4 Å². The van der Waals surface area contributed by atoms with Gasteiger partial charge in [0.25, 0.3) is 5.91 Å². The number of ether oxygens (including phenoxy) is 1. The molecule has 11 nitrogen and oxygen atoms in total. The molecule has 3 aliphatic heterocycles. The van der Waals surface area contributed by atoms with Crippen LogP contribution in [-0.2, 0) is 29.4 Å². The molecule has 6 rings (SSSR count). The molecule has 2 saturated heterocycles. The molecule has 3 aromatic rings. The van der Waals surface area contributed by atoms with Crippen molar-refractivity contribution in [3.05, 3.63) is 59.3 Å². The number of likely N-dealkylation sites (tertiary alicyclic amines) is 2. The van der Waals surface area contributed by atoms with Crippen LogP contribution in [0.15, 0.2) is 42.6 Å². The van der Waals surface area contributed by atoms with E-state index in [0.29, 0.717) is 58.0 Å². The molecule has 4 heterocycles. The highest BCUT2D eigenvalue weighted by atomic mass is 16.6. The van der Waals surface area contributed by atoms with E-state index in [0.717, 1.165) is 52.5 Å². The van der Waals surface area contributed by atoms with Gasteiger partial charge in [0, 0.05) is 75.5 Å². The highest BCUT2D eigenvalue weighted by Crippen LogP contribution is 2.26. The van der Waals surface area contributed by atoms with Crippen LogP contribution in [0.25, 0.3) is 10.9 Å². The van der Waals surface area contributed by atoms with Crippen LogP contribution in [0, 0.1) is 6.92 Å². The highest BCUT2D eigenvalue weighted by molar-refractivity contribution is 5.91. The zero-order valence-electron chi connectivity index (χ0n) is 26.9. The maximum atomic E-state index is 13.9. The third kappa shape index (κ3) is 6.78. The Kier molecular flexibility index (Phi) is 8.98. The fourth-order valence-electron chi connectivity index (χ4n) is 7.12. The van der Waals surface area contributed by atoms with E-state index >= 15 is 0 Å². The molecule has 3 aliphatic rings. The number of aryl methyl sites for hydroxylation is 2. The number of hydrogen-bond donors (Lipinski definition) is 1. The number of hydrogen-bond acceptors (Lipinski definition) is 6. The number of urea groups is 1. The van der Waals surface area contributed by atoms with E-state index in [4.69, 9.17) is 4.74 Å². The number of aromatic nitrogens is 2. The van der Waals surface area contributed by atoms with Gasteiger partial charge in [-0.1, -0.05) is 24.3 Å². The van der Waals surface area contributed by atoms with Crippen molar-refractivity contribution in [2.24, 2.45) is 7.05 Å². The maximum absolute atomic E-state index is 13.9. The Morgan fingerprint density at radius 2 is 1.73 bits per heavy atom. The minimum Gasteiger partial charge on any atom is -0.436 e. The average Bonchev–Trinajstić information content (AvgIpc) is 3.33. The van der Waals surface area contributed by atoms with Crippen LogP contribution in [0.2, 0.25) is 0 Å². The number of fused-ring (bicyclic) bond motifs is 2. The SMILES string of the molecule is Cc1cc(C[C@@H](OC(=O)N2CCC(N3CCc4ccccc4NC3=O)CC2)C(=O)N2CCC(N(C)C)CC2)cc2cn(C)nc12. The third-order valence-corrected chi connectivity index (χ3v) is 9.72. The van der Waals surface area contributed by atoms with Gasteiger partial charge in [0.1, 0.15) is 0 Å². The number of rotatable bonds is 6. The van der Waals surface area contributed by atoms with Gasteiger partial charge >= 0.3 is 12.1 Å². The van der Waals surface area contributed by atoms with Crippen LogP contribution >= 0.6 is 0 Å². The van der Waals surface area contributed by atoms with Crippen molar-refractivity contribution in [2.45, 2.75) is 63.6 Å². The lowest BCUT2D eigenvalue weighted by Gasteiger charge is -2.38.